The summed E-state index contributed by atoms with van der Waals surface area (Å²) in [4.78, 5) is 63.7. The number of esters is 1. The second-order valence-electron chi connectivity index (χ2n) is 8.16. The maximum Gasteiger partial charge on any atom is 0.343 e. The Morgan fingerprint density at radius 3 is 2.18 bits per heavy atom. The van der Waals surface area contributed by atoms with Gasteiger partial charge in [-0.15, -0.1) is 0 Å². The number of hydrogen-bond acceptors (Lipinski definition) is 7. The summed E-state index contributed by atoms with van der Waals surface area (Å²) in [5.41, 5.74) is 0.404. The van der Waals surface area contributed by atoms with Crippen LogP contribution in [-0.2, 0) is 9.59 Å². The monoisotopic (exact) mass is 554 g/mol. The third kappa shape index (κ3) is 5.85. The van der Waals surface area contributed by atoms with Crippen molar-refractivity contribution in [2.24, 2.45) is 0 Å². The summed E-state index contributed by atoms with van der Waals surface area (Å²) >= 11 is 12.1. The van der Waals surface area contributed by atoms with Gasteiger partial charge in [0, 0.05) is 23.4 Å². The SMILES string of the molecule is COc1cccc(C(=O)Oc2ccc(C(=O)CN(C(=O)c3ccc(Cl)cc3Cl)N3C(=O)CCC3=O)cc2)c1. The van der Waals surface area contributed by atoms with E-state index in [-0.39, 0.29) is 45.3 Å². The van der Waals surface area contributed by atoms with Crippen LogP contribution in [0.25, 0.3) is 0 Å². The number of benzene rings is 3. The summed E-state index contributed by atoms with van der Waals surface area (Å²) in [5, 5.41) is 1.75. The number of imide groups is 1. The average Bonchev–Trinajstić information content (AvgIpc) is 3.24. The second-order valence-corrected chi connectivity index (χ2v) is 9.00. The van der Waals surface area contributed by atoms with Crippen LogP contribution in [0.15, 0.2) is 66.7 Å². The van der Waals surface area contributed by atoms with Crippen molar-refractivity contribution >= 4 is 52.7 Å². The molecule has 3 amide bonds. The van der Waals surface area contributed by atoms with Crippen molar-refractivity contribution in [1.29, 1.82) is 0 Å². The van der Waals surface area contributed by atoms with Gasteiger partial charge in [0.15, 0.2) is 5.78 Å². The predicted octanol–water partition coefficient (Wildman–Crippen LogP) is 4.61. The van der Waals surface area contributed by atoms with E-state index < -0.39 is 36.0 Å². The third-order valence-electron chi connectivity index (χ3n) is 5.65. The lowest BCUT2D eigenvalue weighted by Crippen LogP contribution is -2.51. The number of amides is 3. The Morgan fingerprint density at radius 2 is 1.55 bits per heavy atom. The number of rotatable bonds is 8. The molecule has 0 aromatic heterocycles. The summed E-state index contributed by atoms with van der Waals surface area (Å²) in [7, 11) is 1.48. The van der Waals surface area contributed by atoms with E-state index in [0.29, 0.717) is 10.8 Å². The van der Waals surface area contributed by atoms with Gasteiger partial charge in [-0.05, 0) is 60.7 Å². The van der Waals surface area contributed by atoms with Crippen molar-refractivity contribution in [2.75, 3.05) is 13.7 Å². The molecule has 3 aromatic rings. The summed E-state index contributed by atoms with van der Waals surface area (Å²) in [6.45, 7) is -0.613. The minimum atomic E-state index is -0.813. The molecule has 3 aromatic carbocycles. The minimum absolute atomic E-state index is 0.00116. The lowest BCUT2D eigenvalue weighted by atomic mass is 10.1. The van der Waals surface area contributed by atoms with Crippen molar-refractivity contribution in [2.45, 2.75) is 12.8 Å². The minimum Gasteiger partial charge on any atom is -0.497 e. The molecule has 1 saturated heterocycles. The van der Waals surface area contributed by atoms with Crippen LogP contribution in [0.1, 0.15) is 43.9 Å². The number of nitrogens with zero attached hydrogens (tertiary/aromatic N) is 2. The molecule has 0 aliphatic carbocycles. The summed E-state index contributed by atoms with van der Waals surface area (Å²) in [6, 6.07) is 16.2. The lowest BCUT2D eigenvalue weighted by molar-refractivity contribution is -0.152. The van der Waals surface area contributed by atoms with Gasteiger partial charge < -0.3 is 9.47 Å². The van der Waals surface area contributed by atoms with Crippen molar-refractivity contribution in [3.8, 4) is 11.5 Å². The molecule has 1 heterocycles. The van der Waals surface area contributed by atoms with Gasteiger partial charge in [0.1, 0.15) is 18.0 Å². The van der Waals surface area contributed by atoms with Crippen LogP contribution >= 0.6 is 23.2 Å². The maximum atomic E-state index is 13.3. The Hall–Kier alpha value is -4.21. The standard InChI is InChI=1S/C27H20Cl2N2O7/c1-37-20-4-2-3-17(13-20)27(36)38-19-8-5-16(6-9-19)23(32)15-30(31-24(33)11-12-25(31)34)26(35)21-10-7-18(28)14-22(21)29/h2-10,13-14H,11-12,15H2,1H3. The van der Waals surface area contributed by atoms with Crippen LogP contribution in [0.2, 0.25) is 10.0 Å². The Morgan fingerprint density at radius 1 is 0.868 bits per heavy atom. The van der Waals surface area contributed by atoms with Gasteiger partial charge >= 0.3 is 5.97 Å². The maximum absolute atomic E-state index is 13.3. The van der Waals surface area contributed by atoms with E-state index in [4.69, 9.17) is 32.7 Å². The molecule has 0 saturated carbocycles. The highest BCUT2D eigenvalue weighted by Gasteiger charge is 2.38. The third-order valence-corrected chi connectivity index (χ3v) is 6.20. The predicted molar refractivity (Wildman–Crippen MR) is 137 cm³/mol. The fourth-order valence-corrected chi connectivity index (χ4v) is 4.21. The molecule has 0 atom stereocenters. The first-order chi connectivity index (χ1) is 18.2. The van der Waals surface area contributed by atoms with E-state index in [0.717, 1.165) is 5.01 Å². The van der Waals surface area contributed by atoms with E-state index in [1.165, 1.54) is 55.6 Å². The summed E-state index contributed by atoms with van der Waals surface area (Å²) < 4.78 is 10.5. The van der Waals surface area contributed by atoms with Gasteiger partial charge in [-0.3, -0.25) is 19.2 Å². The van der Waals surface area contributed by atoms with Crippen molar-refractivity contribution in [1.82, 2.24) is 10.0 Å². The molecular formula is C27H20Cl2N2O7. The molecule has 1 fully saturated rings. The average molecular weight is 555 g/mol. The molecule has 1 aliphatic rings. The first kappa shape index (κ1) is 26.8. The van der Waals surface area contributed by atoms with E-state index in [2.05, 4.69) is 0 Å². The van der Waals surface area contributed by atoms with E-state index >= 15 is 0 Å². The number of methoxy groups -OCH3 is 1. The molecule has 0 bridgehead atoms. The van der Waals surface area contributed by atoms with Gasteiger partial charge in [0.25, 0.3) is 5.91 Å². The van der Waals surface area contributed by atoms with Crippen LogP contribution in [0.5, 0.6) is 11.5 Å². The Balaban J connectivity index is 1.53. The van der Waals surface area contributed by atoms with E-state index in [9.17, 15) is 24.0 Å². The number of Topliss-reactive ketones (excluding diaryl/α,β-unsaturated/α-hetero) is 1. The highest BCUT2D eigenvalue weighted by molar-refractivity contribution is 6.36. The smallest absolute Gasteiger partial charge is 0.343 e. The molecular weight excluding hydrogens is 535 g/mol. The molecule has 0 unspecified atom stereocenters. The zero-order valence-electron chi connectivity index (χ0n) is 20.0. The molecule has 0 radical (unpaired) electrons. The number of hydrogen-bond donors (Lipinski definition) is 0. The summed E-state index contributed by atoms with van der Waals surface area (Å²) in [5.74, 6) is -2.55. The van der Waals surface area contributed by atoms with Gasteiger partial charge in [-0.25, -0.2) is 9.80 Å². The van der Waals surface area contributed by atoms with Crippen LogP contribution in [-0.4, -0.2) is 53.1 Å². The largest absolute Gasteiger partial charge is 0.497 e. The van der Waals surface area contributed by atoms with Crippen molar-refractivity contribution in [3.63, 3.8) is 0 Å². The van der Waals surface area contributed by atoms with Gasteiger partial charge in [0.05, 0.1) is 23.3 Å². The number of carbonyl (C=O) groups is 5. The zero-order chi connectivity index (χ0) is 27.4. The van der Waals surface area contributed by atoms with Crippen molar-refractivity contribution < 1.29 is 33.4 Å². The highest BCUT2D eigenvalue weighted by Crippen LogP contribution is 2.25. The van der Waals surface area contributed by atoms with Crippen molar-refractivity contribution in [3.05, 3.63) is 93.5 Å². The topological polar surface area (TPSA) is 110 Å². The fraction of sp³-hybridized carbons (Fsp3) is 0.148. The quantitative estimate of drug-likeness (QED) is 0.173. The highest BCUT2D eigenvalue weighted by atomic mass is 35.5. The summed E-state index contributed by atoms with van der Waals surface area (Å²) in [6.07, 6.45) is -0.170. The number of hydrazine groups is 1. The first-order valence-electron chi connectivity index (χ1n) is 11.3. The van der Waals surface area contributed by atoms with Crippen LogP contribution in [0.4, 0.5) is 0 Å². The normalized spacial score (nSPS) is 12.9. The van der Waals surface area contributed by atoms with Crippen LogP contribution in [0, 0.1) is 0 Å². The van der Waals surface area contributed by atoms with E-state index in [1.54, 1.807) is 18.2 Å². The lowest BCUT2D eigenvalue weighted by Gasteiger charge is -2.29. The Bertz CT molecular complexity index is 1420. The number of halogens is 2. The Kier molecular flexibility index (Phi) is 8.09. The number of carbonyl (C=O) groups excluding carboxylic acids is 5. The molecule has 0 N–H and O–H groups in total. The number of ether oxygens (including phenoxy) is 2. The fourth-order valence-electron chi connectivity index (χ4n) is 3.72. The van der Waals surface area contributed by atoms with Gasteiger partial charge in [-0.1, -0.05) is 29.3 Å². The van der Waals surface area contributed by atoms with Gasteiger partial charge in [0.2, 0.25) is 11.8 Å². The van der Waals surface area contributed by atoms with Gasteiger partial charge in [-0.2, -0.15) is 5.01 Å². The Labute approximate surface area is 227 Å². The van der Waals surface area contributed by atoms with E-state index in [1.807, 2.05) is 0 Å². The number of ketones is 1. The molecule has 11 heteroatoms. The molecule has 4 rings (SSSR count). The van der Waals surface area contributed by atoms with Crippen LogP contribution in [0.3, 0.4) is 0 Å². The molecule has 194 valence electrons. The zero-order valence-corrected chi connectivity index (χ0v) is 21.5. The molecule has 38 heavy (non-hydrogen) atoms. The molecule has 0 spiro atoms. The molecule has 1 aliphatic heterocycles. The second kappa shape index (κ2) is 11.5. The first-order valence-corrected chi connectivity index (χ1v) is 12.1. The molecule has 9 nitrogen and oxygen atoms in total. The van der Waals surface area contributed by atoms with Crippen LogP contribution < -0.4 is 9.47 Å².